The Morgan fingerprint density at radius 2 is 2.50 bits per heavy atom. The summed E-state index contributed by atoms with van der Waals surface area (Å²) in [6.07, 6.45) is 7.44. The Kier molecular flexibility index (Phi) is 1.07. The first-order valence-electron chi connectivity index (χ1n) is 2.01. The van der Waals surface area contributed by atoms with E-state index in [1.165, 1.54) is 5.31 Å². The zero-order chi connectivity index (χ0) is 4.41. The van der Waals surface area contributed by atoms with Gasteiger partial charge in [0.2, 0.25) is 0 Å². The van der Waals surface area contributed by atoms with Crippen molar-refractivity contribution in [1.29, 1.82) is 0 Å². The zero-order valence-electron chi connectivity index (χ0n) is 3.52. The van der Waals surface area contributed by atoms with E-state index in [-0.39, 0.29) is 0 Å². The zero-order valence-corrected chi connectivity index (χ0v) is 4.67. The summed E-state index contributed by atoms with van der Waals surface area (Å²) in [5.41, 5.74) is 0. The van der Waals surface area contributed by atoms with Gasteiger partial charge in [-0.1, -0.05) is 18.2 Å². The predicted molar refractivity (Wildman–Crippen MR) is 31.5 cm³/mol. The van der Waals surface area contributed by atoms with Crippen LogP contribution in [-0.4, -0.2) is 0 Å². The molecule has 0 bridgehead atoms. The summed E-state index contributed by atoms with van der Waals surface area (Å²) in [4.78, 5) is 0. The van der Waals surface area contributed by atoms with E-state index in [1.54, 1.807) is 0 Å². The first-order chi connectivity index (χ1) is 2.89. The van der Waals surface area contributed by atoms with Gasteiger partial charge in [-0.25, -0.2) is 0 Å². The summed E-state index contributed by atoms with van der Waals surface area (Å²) >= 11 is 0. The minimum Gasteiger partial charge on any atom is -0.110 e. The van der Waals surface area contributed by atoms with Crippen molar-refractivity contribution < 1.29 is 0 Å². The molecule has 0 saturated carbocycles. The molecule has 0 aromatic heterocycles. The Hall–Kier alpha value is -0.0900. The van der Waals surface area contributed by atoms with Crippen LogP contribution in [0.5, 0.6) is 0 Å². The number of rotatable bonds is 0. The second-order valence-electron chi connectivity index (χ2n) is 1.37. The lowest BCUT2D eigenvalue weighted by atomic mass is 10.5. The third kappa shape index (κ3) is 0.693. The van der Waals surface area contributed by atoms with Crippen LogP contribution in [0.15, 0.2) is 23.5 Å². The SMILES string of the molecule is PC1=CC=CC1. The average Bonchev–Trinajstić information content (AvgIpc) is 1.86. The van der Waals surface area contributed by atoms with Gasteiger partial charge in [0.05, 0.1) is 0 Å². The van der Waals surface area contributed by atoms with Crippen LogP contribution in [0.4, 0.5) is 0 Å². The molecule has 1 aliphatic rings. The van der Waals surface area contributed by atoms with Crippen molar-refractivity contribution in [3.05, 3.63) is 23.5 Å². The van der Waals surface area contributed by atoms with Gasteiger partial charge in [0.1, 0.15) is 0 Å². The van der Waals surface area contributed by atoms with Crippen molar-refractivity contribution in [3.8, 4) is 0 Å². The van der Waals surface area contributed by atoms with E-state index in [4.69, 9.17) is 0 Å². The van der Waals surface area contributed by atoms with E-state index in [0.717, 1.165) is 6.42 Å². The number of hydrogen-bond donors (Lipinski definition) is 0. The molecular weight excluding hydrogens is 91.0 g/mol. The fourth-order valence-electron chi connectivity index (χ4n) is 0.464. The van der Waals surface area contributed by atoms with E-state index < -0.39 is 0 Å². The van der Waals surface area contributed by atoms with Crippen LogP contribution in [-0.2, 0) is 0 Å². The van der Waals surface area contributed by atoms with Gasteiger partial charge in [-0.2, -0.15) is 0 Å². The van der Waals surface area contributed by atoms with Crippen molar-refractivity contribution in [2.75, 3.05) is 0 Å². The van der Waals surface area contributed by atoms with Crippen molar-refractivity contribution in [1.82, 2.24) is 0 Å². The highest BCUT2D eigenvalue weighted by molar-refractivity contribution is 7.22. The Morgan fingerprint density at radius 3 is 2.67 bits per heavy atom. The van der Waals surface area contributed by atoms with Crippen LogP contribution >= 0.6 is 9.24 Å². The molecule has 0 radical (unpaired) electrons. The molecule has 1 aliphatic carbocycles. The molecule has 0 nitrogen and oxygen atoms in total. The Bertz CT molecular complexity index is 101. The third-order valence-electron chi connectivity index (χ3n) is 0.800. The topological polar surface area (TPSA) is 0 Å². The van der Waals surface area contributed by atoms with Gasteiger partial charge in [0.25, 0.3) is 0 Å². The first-order valence-corrected chi connectivity index (χ1v) is 2.58. The molecule has 1 heteroatoms. The minimum absolute atomic E-state index is 1.13. The molecule has 32 valence electrons. The normalized spacial score (nSPS) is 18.5. The van der Waals surface area contributed by atoms with Crippen LogP contribution in [0.1, 0.15) is 6.42 Å². The van der Waals surface area contributed by atoms with Crippen LogP contribution in [0.2, 0.25) is 0 Å². The summed E-state index contributed by atoms with van der Waals surface area (Å²) in [6.45, 7) is 0. The molecule has 0 amide bonds. The lowest BCUT2D eigenvalue weighted by molar-refractivity contribution is 1.42. The van der Waals surface area contributed by atoms with Gasteiger partial charge in [0, 0.05) is 0 Å². The maximum absolute atomic E-state index is 2.67. The van der Waals surface area contributed by atoms with E-state index in [1.807, 2.05) is 0 Å². The Balaban J connectivity index is 2.61. The van der Waals surface area contributed by atoms with Crippen LogP contribution < -0.4 is 0 Å². The monoisotopic (exact) mass is 98.0 g/mol. The maximum atomic E-state index is 2.67. The molecule has 0 aromatic carbocycles. The van der Waals surface area contributed by atoms with Crippen molar-refractivity contribution in [2.45, 2.75) is 6.42 Å². The van der Waals surface area contributed by atoms with Crippen LogP contribution in [0, 0.1) is 0 Å². The average molecular weight is 98.1 g/mol. The first kappa shape index (κ1) is 4.08. The molecule has 1 unspecified atom stereocenters. The molecule has 1 rings (SSSR count). The van der Waals surface area contributed by atoms with Gasteiger partial charge in [-0.05, 0) is 11.7 Å². The molecule has 0 aromatic rings. The van der Waals surface area contributed by atoms with E-state index in [0.29, 0.717) is 0 Å². The quantitative estimate of drug-likeness (QED) is 0.404. The summed E-state index contributed by atoms with van der Waals surface area (Å²) in [5.74, 6) is 0. The van der Waals surface area contributed by atoms with Gasteiger partial charge >= 0.3 is 0 Å². The molecule has 0 heterocycles. The van der Waals surface area contributed by atoms with E-state index in [9.17, 15) is 0 Å². The molecule has 0 saturated heterocycles. The summed E-state index contributed by atoms with van der Waals surface area (Å²) < 4.78 is 0. The van der Waals surface area contributed by atoms with Crippen molar-refractivity contribution in [2.24, 2.45) is 0 Å². The third-order valence-corrected chi connectivity index (χ3v) is 1.23. The lowest BCUT2D eigenvalue weighted by Gasteiger charge is -1.78. The molecule has 0 aliphatic heterocycles. The summed E-state index contributed by atoms with van der Waals surface area (Å²) in [5, 5.41) is 1.38. The fourth-order valence-corrected chi connectivity index (χ4v) is 0.711. The van der Waals surface area contributed by atoms with Crippen molar-refractivity contribution in [3.63, 3.8) is 0 Å². The maximum Gasteiger partial charge on any atom is -0.00951 e. The van der Waals surface area contributed by atoms with Crippen molar-refractivity contribution >= 4 is 9.24 Å². The number of hydrogen-bond acceptors (Lipinski definition) is 0. The molecule has 1 atom stereocenters. The molecule has 6 heavy (non-hydrogen) atoms. The lowest BCUT2D eigenvalue weighted by Crippen LogP contribution is -1.51. The molecule has 0 spiro atoms. The fraction of sp³-hybridized carbons (Fsp3) is 0.200. The highest BCUT2D eigenvalue weighted by Crippen LogP contribution is 2.15. The van der Waals surface area contributed by atoms with Gasteiger partial charge in [0.15, 0.2) is 0 Å². The van der Waals surface area contributed by atoms with E-state index >= 15 is 0 Å². The smallest absolute Gasteiger partial charge is 0.00951 e. The Labute approximate surface area is 40.1 Å². The second kappa shape index (κ2) is 1.57. The summed E-state index contributed by atoms with van der Waals surface area (Å²) in [6, 6.07) is 0. The van der Waals surface area contributed by atoms with Gasteiger partial charge in [-0.15, -0.1) is 9.24 Å². The highest BCUT2D eigenvalue weighted by Gasteiger charge is 1.86. The standard InChI is InChI=1S/C5H7P/c6-5-3-1-2-4-5/h1-3H,4,6H2. The van der Waals surface area contributed by atoms with E-state index in [2.05, 4.69) is 27.5 Å². The summed E-state index contributed by atoms with van der Waals surface area (Å²) in [7, 11) is 2.67. The predicted octanol–water partition coefficient (Wildman–Crippen LogP) is 1.71. The minimum atomic E-state index is 1.13. The van der Waals surface area contributed by atoms with Crippen LogP contribution in [0.25, 0.3) is 0 Å². The molecule has 0 N–H and O–H groups in total. The van der Waals surface area contributed by atoms with Gasteiger partial charge in [-0.3, -0.25) is 0 Å². The molecule has 0 fully saturated rings. The van der Waals surface area contributed by atoms with Crippen LogP contribution in [0.3, 0.4) is 0 Å². The largest absolute Gasteiger partial charge is 0.110 e. The second-order valence-corrected chi connectivity index (χ2v) is 2.12. The highest BCUT2D eigenvalue weighted by atomic mass is 31.0. The molecular formula is C5H7P. The van der Waals surface area contributed by atoms with Gasteiger partial charge < -0.3 is 0 Å². The Morgan fingerprint density at radius 1 is 1.67 bits per heavy atom. The number of allylic oxidation sites excluding steroid dienone is 4.